The number of allylic oxidation sites excluding steroid dienone is 4. The summed E-state index contributed by atoms with van der Waals surface area (Å²) in [6, 6.07) is 18.0. The van der Waals surface area contributed by atoms with Crippen molar-refractivity contribution in [2.45, 2.75) is 6.42 Å². The van der Waals surface area contributed by atoms with E-state index in [-0.39, 0.29) is 17.1 Å². The smallest absolute Gasteiger partial charge is 0.415 e. The molecule has 2 aromatic carbocycles. The Labute approximate surface area is 140 Å². The third kappa shape index (κ3) is 3.92. The molecule has 0 saturated carbocycles. The number of rotatable bonds is 5. The van der Waals surface area contributed by atoms with Gasteiger partial charge in [-0.25, -0.2) is 4.57 Å². The fourth-order valence-corrected chi connectivity index (χ4v) is 3.54. The Bertz CT molecular complexity index is 666. The fourth-order valence-electron chi connectivity index (χ4n) is 1.94. The zero-order chi connectivity index (χ0) is 14.5. The molecule has 0 unspecified atom stereocenters. The van der Waals surface area contributed by atoms with Crippen LogP contribution in [0.4, 0.5) is 0 Å². The van der Waals surface area contributed by atoms with Crippen LogP contribution in [-0.2, 0) is 21.6 Å². The average Bonchev–Trinajstić information content (AvgIpc) is 3.04. The maximum atomic E-state index is 13.2. The summed E-state index contributed by atoms with van der Waals surface area (Å²) in [5, 5.41) is 0.468. The van der Waals surface area contributed by atoms with E-state index in [9.17, 15) is 4.57 Å². The molecular formula is C17H14FeO3P-. The van der Waals surface area contributed by atoms with Crippen LogP contribution in [0.15, 0.2) is 78.1 Å². The molecule has 2 aromatic rings. The summed E-state index contributed by atoms with van der Waals surface area (Å²) in [6.07, 6.45) is 7.27. The number of para-hydroxylation sites is 2. The van der Waals surface area contributed by atoms with Crippen LogP contribution < -0.4 is 9.05 Å². The minimum Gasteiger partial charge on any atom is -0.415 e. The minimum atomic E-state index is -3.49. The Balaban J connectivity index is 0.00000176. The molecule has 22 heavy (non-hydrogen) atoms. The molecular weight excluding hydrogens is 339 g/mol. The van der Waals surface area contributed by atoms with Gasteiger partial charge in [-0.05, 0) is 24.3 Å². The Morgan fingerprint density at radius 3 is 1.77 bits per heavy atom. The first-order chi connectivity index (χ1) is 10.3. The Morgan fingerprint density at radius 1 is 0.864 bits per heavy atom. The maximum Gasteiger partial charge on any atom is 0.426 e. The van der Waals surface area contributed by atoms with Crippen LogP contribution in [-0.4, -0.2) is 0 Å². The molecule has 5 heteroatoms. The monoisotopic (exact) mass is 353 g/mol. The zero-order valence-corrected chi connectivity index (χ0v) is 13.7. The Kier molecular flexibility index (Phi) is 5.68. The molecule has 0 fully saturated rings. The second-order valence-electron chi connectivity index (χ2n) is 4.47. The van der Waals surface area contributed by atoms with Crippen molar-refractivity contribution in [1.82, 2.24) is 0 Å². The molecule has 114 valence electrons. The normalized spacial score (nSPS) is 13.2. The summed E-state index contributed by atoms with van der Waals surface area (Å²) >= 11 is 0. The van der Waals surface area contributed by atoms with Crippen molar-refractivity contribution < 1.29 is 30.7 Å². The van der Waals surface area contributed by atoms with E-state index in [0.29, 0.717) is 23.2 Å². The largest absolute Gasteiger partial charge is 0.426 e. The van der Waals surface area contributed by atoms with Crippen LogP contribution in [0.25, 0.3) is 0 Å². The molecule has 0 aliphatic heterocycles. The summed E-state index contributed by atoms with van der Waals surface area (Å²) in [6.45, 7) is 0. The third-order valence-corrected chi connectivity index (χ3v) is 4.71. The number of hydrogen-bond acceptors (Lipinski definition) is 3. The van der Waals surface area contributed by atoms with Crippen LogP contribution in [0, 0.1) is 6.08 Å². The summed E-state index contributed by atoms with van der Waals surface area (Å²) in [5.41, 5.74) is 0. The van der Waals surface area contributed by atoms with Crippen molar-refractivity contribution in [1.29, 1.82) is 0 Å². The molecule has 0 saturated heterocycles. The van der Waals surface area contributed by atoms with Crippen molar-refractivity contribution in [3.63, 3.8) is 0 Å². The molecule has 0 heterocycles. The summed E-state index contributed by atoms with van der Waals surface area (Å²) in [7, 11) is -3.49. The standard InChI is InChI=1S/C17H14O3P.Fe/c18-21(17-13-7-8-14-17,19-15-9-3-1-4-10-15)20-16-11-5-2-6-12-16;/h1-7,9-13H,8H2;/q-1;. The van der Waals surface area contributed by atoms with Gasteiger partial charge in [0.05, 0.1) is 0 Å². The maximum absolute atomic E-state index is 13.2. The fraction of sp³-hybridized carbons (Fsp3) is 0.0588. The summed E-state index contributed by atoms with van der Waals surface area (Å²) in [4.78, 5) is 0. The van der Waals surface area contributed by atoms with E-state index < -0.39 is 7.60 Å². The number of hydrogen-bond donors (Lipinski definition) is 0. The van der Waals surface area contributed by atoms with Crippen LogP contribution in [0.3, 0.4) is 0 Å². The number of benzene rings is 2. The van der Waals surface area contributed by atoms with Gasteiger partial charge in [-0.2, -0.15) is 12.2 Å². The van der Waals surface area contributed by atoms with Gasteiger partial charge in [-0.1, -0.05) is 41.7 Å². The second-order valence-corrected chi connectivity index (χ2v) is 6.32. The molecule has 3 rings (SSSR count). The molecule has 0 spiro atoms. The SMILES string of the molecule is O=P(Oc1ccccc1)(Oc1ccccc1)C1=[C-]CC=C1.[Fe]. The van der Waals surface area contributed by atoms with E-state index in [4.69, 9.17) is 9.05 Å². The van der Waals surface area contributed by atoms with Gasteiger partial charge in [0.15, 0.2) is 0 Å². The van der Waals surface area contributed by atoms with E-state index in [1.165, 1.54) is 0 Å². The predicted octanol–water partition coefficient (Wildman–Crippen LogP) is 4.98. The van der Waals surface area contributed by atoms with Gasteiger partial charge in [0.1, 0.15) is 11.5 Å². The van der Waals surface area contributed by atoms with Crippen molar-refractivity contribution in [3.05, 3.63) is 84.2 Å². The van der Waals surface area contributed by atoms with Gasteiger partial charge in [-0.3, -0.25) is 6.08 Å². The van der Waals surface area contributed by atoms with Gasteiger partial charge in [0.25, 0.3) is 0 Å². The van der Waals surface area contributed by atoms with E-state index in [1.807, 2.05) is 42.5 Å². The van der Waals surface area contributed by atoms with Gasteiger partial charge in [0.2, 0.25) is 0 Å². The van der Waals surface area contributed by atoms with E-state index in [1.54, 1.807) is 30.3 Å². The van der Waals surface area contributed by atoms with Crippen LogP contribution in [0.5, 0.6) is 11.5 Å². The molecule has 0 bridgehead atoms. The molecule has 0 radical (unpaired) electrons. The predicted molar refractivity (Wildman–Crippen MR) is 82.3 cm³/mol. The molecule has 3 nitrogen and oxygen atoms in total. The summed E-state index contributed by atoms with van der Waals surface area (Å²) < 4.78 is 24.5. The van der Waals surface area contributed by atoms with Crippen molar-refractivity contribution in [3.8, 4) is 11.5 Å². The molecule has 0 atom stereocenters. The van der Waals surface area contributed by atoms with Gasteiger partial charge < -0.3 is 9.05 Å². The molecule has 0 amide bonds. The topological polar surface area (TPSA) is 35.5 Å². The van der Waals surface area contributed by atoms with Crippen molar-refractivity contribution >= 4 is 7.60 Å². The molecule has 0 N–H and O–H groups in total. The van der Waals surface area contributed by atoms with Crippen LogP contribution in [0.2, 0.25) is 0 Å². The second kappa shape index (κ2) is 7.51. The molecule has 1 aliphatic rings. The zero-order valence-electron chi connectivity index (χ0n) is 11.7. The van der Waals surface area contributed by atoms with Crippen molar-refractivity contribution in [2.75, 3.05) is 0 Å². The van der Waals surface area contributed by atoms with E-state index >= 15 is 0 Å². The first-order valence-electron chi connectivity index (χ1n) is 6.63. The molecule has 1 aliphatic carbocycles. The van der Waals surface area contributed by atoms with Gasteiger partial charge in [0, 0.05) is 17.1 Å². The Hall–Kier alpha value is -1.73. The van der Waals surface area contributed by atoms with E-state index in [0.717, 1.165) is 0 Å². The van der Waals surface area contributed by atoms with Crippen molar-refractivity contribution in [2.24, 2.45) is 0 Å². The van der Waals surface area contributed by atoms with Gasteiger partial charge in [-0.15, -0.1) is 6.42 Å². The minimum absolute atomic E-state index is 0. The quantitative estimate of drug-likeness (QED) is 0.432. The Morgan fingerprint density at radius 2 is 1.36 bits per heavy atom. The molecule has 0 aromatic heterocycles. The van der Waals surface area contributed by atoms with E-state index in [2.05, 4.69) is 6.08 Å². The van der Waals surface area contributed by atoms with Crippen LogP contribution >= 0.6 is 7.60 Å². The van der Waals surface area contributed by atoms with Gasteiger partial charge >= 0.3 is 7.60 Å². The summed E-state index contributed by atoms with van der Waals surface area (Å²) in [5.74, 6) is 1.01. The third-order valence-electron chi connectivity index (χ3n) is 2.91. The first-order valence-corrected chi connectivity index (χ1v) is 8.18. The first kappa shape index (κ1) is 16.6. The average molecular weight is 353 g/mol. The van der Waals surface area contributed by atoms with Crippen LogP contribution in [0.1, 0.15) is 6.42 Å².